The minimum atomic E-state index is -1.82. The highest BCUT2D eigenvalue weighted by molar-refractivity contribution is 7.12. The standard InChI is InChI=1S/C16H17ClN2OS.C2H2O4/c17-14-5-2-1-4-13(14)12-18-7-9-19(10-8-18)16(20)15-6-3-11-21-15;3-1(4)2(5)6/h1-6,11H,7-10,12H2;(H,3,4)(H,5,6). The molecule has 2 N–H and O–H groups in total. The van der Waals surface area contributed by atoms with Crippen molar-refractivity contribution in [2.75, 3.05) is 26.2 Å². The van der Waals surface area contributed by atoms with Crippen LogP contribution >= 0.6 is 22.9 Å². The van der Waals surface area contributed by atoms with Crippen LogP contribution in [0, 0.1) is 0 Å². The van der Waals surface area contributed by atoms with E-state index in [4.69, 9.17) is 31.4 Å². The van der Waals surface area contributed by atoms with E-state index in [1.165, 1.54) is 11.3 Å². The highest BCUT2D eigenvalue weighted by Gasteiger charge is 2.22. The van der Waals surface area contributed by atoms with Crippen LogP contribution in [0.1, 0.15) is 15.2 Å². The summed E-state index contributed by atoms with van der Waals surface area (Å²) in [6, 6.07) is 11.8. The van der Waals surface area contributed by atoms with Gasteiger partial charge >= 0.3 is 11.9 Å². The molecule has 0 spiro atoms. The molecule has 1 aromatic heterocycles. The van der Waals surface area contributed by atoms with Gasteiger partial charge in [0.05, 0.1) is 4.88 Å². The molecule has 0 atom stereocenters. The molecule has 7 nitrogen and oxygen atoms in total. The summed E-state index contributed by atoms with van der Waals surface area (Å²) in [4.78, 5) is 35.6. The number of rotatable bonds is 3. The van der Waals surface area contributed by atoms with Crippen LogP contribution in [0.5, 0.6) is 0 Å². The van der Waals surface area contributed by atoms with Crippen molar-refractivity contribution < 1.29 is 24.6 Å². The molecule has 144 valence electrons. The SMILES string of the molecule is O=C(O)C(=O)O.O=C(c1cccs1)N1CCN(Cc2ccccc2Cl)CC1. The molecule has 2 aromatic rings. The van der Waals surface area contributed by atoms with Crippen molar-refractivity contribution in [2.24, 2.45) is 0 Å². The third-order valence-corrected chi connectivity index (χ3v) is 5.15. The monoisotopic (exact) mass is 410 g/mol. The van der Waals surface area contributed by atoms with E-state index >= 15 is 0 Å². The highest BCUT2D eigenvalue weighted by atomic mass is 35.5. The number of hydrogen-bond donors (Lipinski definition) is 2. The average molecular weight is 411 g/mol. The van der Waals surface area contributed by atoms with Gasteiger partial charge in [-0.1, -0.05) is 35.9 Å². The van der Waals surface area contributed by atoms with Gasteiger partial charge in [0, 0.05) is 37.7 Å². The lowest BCUT2D eigenvalue weighted by Gasteiger charge is -2.34. The second kappa shape index (κ2) is 10.1. The van der Waals surface area contributed by atoms with Gasteiger partial charge in [0.2, 0.25) is 0 Å². The van der Waals surface area contributed by atoms with E-state index in [-0.39, 0.29) is 5.91 Å². The molecule has 0 unspecified atom stereocenters. The first-order chi connectivity index (χ1) is 12.9. The molecule has 0 radical (unpaired) electrons. The molecule has 1 aromatic carbocycles. The van der Waals surface area contributed by atoms with Gasteiger partial charge in [0.1, 0.15) is 0 Å². The van der Waals surface area contributed by atoms with E-state index in [1.807, 2.05) is 40.6 Å². The van der Waals surface area contributed by atoms with E-state index in [0.29, 0.717) is 0 Å². The number of carboxylic acid groups (broad SMARTS) is 2. The van der Waals surface area contributed by atoms with E-state index in [2.05, 4.69) is 11.0 Å². The minimum Gasteiger partial charge on any atom is -0.473 e. The Labute approximate surface area is 165 Å². The van der Waals surface area contributed by atoms with Gasteiger partial charge in [0.15, 0.2) is 0 Å². The van der Waals surface area contributed by atoms with Crippen LogP contribution in [-0.2, 0) is 16.1 Å². The minimum absolute atomic E-state index is 0.155. The van der Waals surface area contributed by atoms with Gasteiger partial charge in [-0.2, -0.15) is 0 Å². The fourth-order valence-electron chi connectivity index (χ4n) is 2.53. The number of aliphatic carboxylic acids is 2. The Hall–Kier alpha value is -2.42. The van der Waals surface area contributed by atoms with Crippen molar-refractivity contribution in [1.82, 2.24) is 9.80 Å². The predicted molar refractivity (Wildman–Crippen MR) is 102 cm³/mol. The summed E-state index contributed by atoms with van der Waals surface area (Å²) in [6.07, 6.45) is 0. The lowest BCUT2D eigenvalue weighted by molar-refractivity contribution is -0.159. The van der Waals surface area contributed by atoms with Gasteiger partial charge in [0.25, 0.3) is 5.91 Å². The van der Waals surface area contributed by atoms with E-state index in [0.717, 1.165) is 48.2 Å². The molecule has 1 aliphatic rings. The summed E-state index contributed by atoms with van der Waals surface area (Å²) in [6.45, 7) is 4.19. The van der Waals surface area contributed by atoms with Crippen molar-refractivity contribution in [3.63, 3.8) is 0 Å². The number of thiophene rings is 1. The molecule has 1 aliphatic heterocycles. The number of carbonyl (C=O) groups excluding carboxylic acids is 1. The molecule has 27 heavy (non-hydrogen) atoms. The van der Waals surface area contributed by atoms with Crippen LogP contribution in [0.4, 0.5) is 0 Å². The number of amides is 1. The van der Waals surface area contributed by atoms with Gasteiger partial charge in [-0.15, -0.1) is 11.3 Å². The molecular formula is C18H19ClN2O5S. The van der Waals surface area contributed by atoms with Crippen LogP contribution in [0.3, 0.4) is 0 Å². The second-order valence-electron chi connectivity index (χ2n) is 5.75. The van der Waals surface area contributed by atoms with Gasteiger partial charge in [-0.25, -0.2) is 9.59 Å². The predicted octanol–water partition coefficient (Wildman–Crippen LogP) is 2.52. The van der Waals surface area contributed by atoms with Crippen molar-refractivity contribution in [3.8, 4) is 0 Å². The Bertz CT molecular complexity index is 777. The molecule has 0 aliphatic carbocycles. The number of hydrogen-bond acceptors (Lipinski definition) is 5. The molecule has 9 heteroatoms. The molecule has 0 bridgehead atoms. The van der Waals surface area contributed by atoms with Crippen LogP contribution in [0.25, 0.3) is 0 Å². The molecule has 0 saturated carbocycles. The zero-order valence-corrected chi connectivity index (χ0v) is 15.9. The first kappa shape index (κ1) is 20.9. The zero-order valence-electron chi connectivity index (χ0n) is 14.4. The first-order valence-corrected chi connectivity index (χ1v) is 9.39. The summed E-state index contributed by atoms with van der Waals surface area (Å²) < 4.78 is 0. The third-order valence-electron chi connectivity index (χ3n) is 3.93. The number of benzene rings is 1. The summed E-state index contributed by atoms with van der Waals surface area (Å²) in [5, 5.41) is 17.5. The zero-order chi connectivity index (χ0) is 19.8. The Morgan fingerprint density at radius 2 is 1.59 bits per heavy atom. The quantitative estimate of drug-likeness (QED) is 0.754. The highest BCUT2D eigenvalue weighted by Crippen LogP contribution is 2.19. The number of carboxylic acids is 2. The van der Waals surface area contributed by atoms with Crippen molar-refractivity contribution >= 4 is 40.8 Å². The number of carbonyl (C=O) groups is 3. The molecule has 1 amide bonds. The van der Waals surface area contributed by atoms with Crippen LogP contribution in [-0.4, -0.2) is 64.0 Å². The van der Waals surface area contributed by atoms with E-state index < -0.39 is 11.9 Å². The summed E-state index contributed by atoms with van der Waals surface area (Å²) >= 11 is 7.71. The van der Waals surface area contributed by atoms with Crippen LogP contribution in [0.15, 0.2) is 41.8 Å². The van der Waals surface area contributed by atoms with Gasteiger partial charge in [-0.05, 0) is 23.1 Å². The Morgan fingerprint density at radius 1 is 0.963 bits per heavy atom. The molecule has 1 fully saturated rings. The smallest absolute Gasteiger partial charge is 0.414 e. The number of nitrogens with zero attached hydrogens (tertiary/aromatic N) is 2. The number of halogens is 1. The topological polar surface area (TPSA) is 98.1 Å². The summed E-state index contributed by atoms with van der Waals surface area (Å²) in [7, 11) is 0. The fraction of sp³-hybridized carbons (Fsp3) is 0.278. The van der Waals surface area contributed by atoms with Crippen LogP contribution in [0.2, 0.25) is 5.02 Å². The maximum Gasteiger partial charge on any atom is 0.414 e. The molecular weight excluding hydrogens is 392 g/mol. The Kier molecular flexibility index (Phi) is 7.78. The molecule has 1 saturated heterocycles. The van der Waals surface area contributed by atoms with Crippen LogP contribution < -0.4 is 0 Å². The summed E-state index contributed by atoms with van der Waals surface area (Å²) in [5.74, 6) is -3.49. The lowest BCUT2D eigenvalue weighted by Crippen LogP contribution is -2.48. The Morgan fingerprint density at radius 3 is 2.11 bits per heavy atom. The van der Waals surface area contributed by atoms with E-state index in [9.17, 15) is 4.79 Å². The third kappa shape index (κ3) is 6.35. The Balaban J connectivity index is 0.000000380. The fourth-order valence-corrected chi connectivity index (χ4v) is 3.42. The van der Waals surface area contributed by atoms with E-state index in [1.54, 1.807) is 0 Å². The van der Waals surface area contributed by atoms with Crippen molar-refractivity contribution in [2.45, 2.75) is 6.54 Å². The second-order valence-corrected chi connectivity index (χ2v) is 7.10. The first-order valence-electron chi connectivity index (χ1n) is 8.13. The summed E-state index contributed by atoms with van der Waals surface area (Å²) in [5.41, 5.74) is 1.15. The largest absolute Gasteiger partial charge is 0.473 e. The van der Waals surface area contributed by atoms with Gasteiger partial charge in [-0.3, -0.25) is 9.69 Å². The average Bonchev–Trinajstić information content (AvgIpc) is 3.19. The van der Waals surface area contributed by atoms with Crippen molar-refractivity contribution in [1.29, 1.82) is 0 Å². The normalized spacial score (nSPS) is 14.2. The van der Waals surface area contributed by atoms with Gasteiger partial charge < -0.3 is 15.1 Å². The molecule has 3 rings (SSSR count). The maximum absolute atomic E-state index is 12.3. The lowest BCUT2D eigenvalue weighted by atomic mass is 10.2. The molecule has 2 heterocycles. The number of piperazine rings is 1. The van der Waals surface area contributed by atoms with Crippen molar-refractivity contribution in [3.05, 3.63) is 57.2 Å². The maximum atomic E-state index is 12.3.